The van der Waals surface area contributed by atoms with E-state index in [-0.39, 0.29) is 30.2 Å². The van der Waals surface area contributed by atoms with Crippen molar-refractivity contribution < 1.29 is 33.4 Å². The van der Waals surface area contributed by atoms with Crippen molar-refractivity contribution in [2.24, 2.45) is 0 Å². The highest BCUT2D eigenvalue weighted by molar-refractivity contribution is 6.19. The number of nitrogens with one attached hydrogen (secondary N) is 1. The maximum Gasteiger partial charge on any atom is 0.338 e. The average Bonchev–Trinajstić information content (AvgIpc) is 3.10. The summed E-state index contributed by atoms with van der Waals surface area (Å²) < 4.78 is 9.57. The number of benzene rings is 2. The number of rotatable bonds is 6. The number of ether oxygens (including phenoxy) is 2. The molecular formula is C21H18N2O7. The van der Waals surface area contributed by atoms with Crippen LogP contribution in [0.3, 0.4) is 0 Å². The smallest absolute Gasteiger partial charge is 0.338 e. The predicted octanol–water partition coefficient (Wildman–Crippen LogP) is 1.92. The fourth-order valence-corrected chi connectivity index (χ4v) is 2.83. The van der Waals surface area contributed by atoms with Crippen LogP contribution in [0.15, 0.2) is 48.5 Å². The van der Waals surface area contributed by atoms with Crippen LogP contribution < -0.4 is 10.2 Å². The van der Waals surface area contributed by atoms with E-state index in [4.69, 9.17) is 4.74 Å². The van der Waals surface area contributed by atoms with Crippen molar-refractivity contribution in [3.05, 3.63) is 59.7 Å². The summed E-state index contributed by atoms with van der Waals surface area (Å²) in [5, 5.41) is 2.54. The minimum absolute atomic E-state index is 0.170. The number of hydrogen-bond donors (Lipinski definition) is 1. The van der Waals surface area contributed by atoms with E-state index in [0.717, 1.165) is 4.90 Å². The molecule has 0 aliphatic carbocycles. The van der Waals surface area contributed by atoms with Gasteiger partial charge in [0.1, 0.15) is 0 Å². The topological polar surface area (TPSA) is 119 Å². The molecule has 0 spiro atoms. The van der Waals surface area contributed by atoms with Crippen molar-refractivity contribution in [2.45, 2.75) is 12.8 Å². The molecule has 0 bridgehead atoms. The number of esters is 2. The van der Waals surface area contributed by atoms with E-state index in [1.165, 1.54) is 55.6 Å². The first-order valence-electron chi connectivity index (χ1n) is 9.00. The predicted molar refractivity (Wildman–Crippen MR) is 105 cm³/mol. The molecule has 0 atom stereocenters. The number of nitrogens with zero attached hydrogens (tertiary/aromatic N) is 1. The minimum Gasteiger partial charge on any atom is -0.465 e. The molecule has 0 radical (unpaired) electrons. The first kappa shape index (κ1) is 20.7. The van der Waals surface area contributed by atoms with Crippen LogP contribution in [0.25, 0.3) is 0 Å². The molecule has 3 rings (SSSR count). The maximum atomic E-state index is 12.1. The lowest BCUT2D eigenvalue weighted by Gasteiger charge is -2.14. The zero-order chi connectivity index (χ0) is 21.7. The van der Waals surface area contributed by atoms with Crippen molar-refractivity contribution in [1.82, 2.24) is 0 Å². The Kier molecular flexibility index (Phi) is 6.21. The molecule has 1 heterocycles. The second-order valence-electron chi connectivity index (χ2n) is 6.36. The lowest BCUT2D eigenvalue weighted by atomic mass is 10.2. The number of carbonyl (C=O) groups excluding carboxylic acids is 5. The monoisotopic (exact) mass is 410 g/mol. The highest BCUT2D eigenvalue weighted by Crippen LogP contribution is 2.23. The Morgan fingerprint density at radius 3 is 1.97 bits per heavy atom. The third-order valence-electron chi connectivity index (χ3n) is 4.34. The van der Waals surface area contributed by atoms with Gasteiger partial charge in [0.15, 0.2) is 6.61 Å². The standard InChI is InChI=1S/C21H18N2O7/c1-29-20(27)13-2-6-15(7-3-13)22-17(24)12-30-21(28)14-4-8-16(9-5-14)23-18(25)10-11-19(23)26/h2-9H,10-12H2,1H3,(H,22,24). The van der Waals surface area contributed by atoms with Gasteiger partial charge < -0.3 is 14.8 Å². The Morgan fingerprint density at radius 1 is 0.867 bits per heavy atom. The number of hydrogen-bond acceptors (Lipinski definition) is 7. The Bertz CT molecular complexity index is 981. The molecule has 2 aromatic carbocycles. The van der Waals surface area contributed by atoms with Crippen LogP contribution in [0.1, 0.15) is 33.6 Å². The van der Waals surface area contributed by atoms with Gasteiger partial charge in [-0.3, -0.25) is 19.3 Å². The van der Waals surface area contributed by atoms with E-state index < -0.39 is 24.5 Å². The van der Waals surface area contributed by atoms with Gasteiger partial charge in [-0.25, -0.2) is 9.59 Å². The molecule has 1 saturated heterocycles. The molecule has 3 amide bonds. The second-order valence-corrected chi connectivity index (χ2v) is 6.36. The van der Waals surface area contributed by atoms with E-state index in [1.54, 1.807) is 0 Å². The first-order valence-corrected chi connectivity index (χ1v) is 9.00. The van der Waals surface area contributed by atoms with Gasteiger partial charge in [-0.05, 0) is 48.5 Å². The zero-order valence-electron chi connectivity index (χ0n) is 16.0. The Morgan fingerprint density at radius 2 is 1.40 bits per heavy atom. The molecule has 1 aliphatic heterocycles. The molecule has 0 saturated carbocycles. The van der Waals surface area contributed by atoms with Gasteiger partial charge >= 0.3 is 11.9 Å². The largest absolute Gasteiger partial charge is 0.465 e. The van der Waals surface area contributed by atoms with Crippen LogP contribution >= 0.6 is 0 Å². The van der Waals surface area contributed by atoms with Crippen molar-refractivity contribution in [3.8, 4) is 0 Å². The molecule has 9 heteroatoms. The average molecular weight is 410 g/mol. The fourth-order valence-electron chi connectivity index (χ4n) is 2.83. The van der Waals surface area contributed by atoms with Gasteiger partial charge in [-0.2, -0.15) is 0 Å². The number of amides is 3. The minimum atomic E-state index is -0.725. The second kappa shape index (κ2) is 8.99. The molecule has 1 fully saturated rings. The number of carbonyl (C=O) groups is 5. The van der Waals surface area contributed by atoms with Crippen molar-refractivity contribution in [2.75, 3.05) is 23.9 Å². The normalized spacial score (nSPS) is 13.2. The van der Waals surface area contributed by atoms with Gasteiger partial charge in [0.05, 0.1) is 23.9 Å². The third kappa shape index (κ3) is 4.69. The van der Waals surface area contributed by atoms with E-state index in [9.17, 15) is 24.0 Å². The highest BCUT2D eigenvalue weighted by atomic mass is 16.5. The van der Waals surface area contributed by atoms with E-state index >= 15 is 0 Å². The Labute approximate surface area is 171 Å². The van der Waals surface area contributed by atoms with Crippen molar-refractivity contribution >= 4 is 41.0 Å². The molecule has 9 nitrogen and oxygen atoms in total. The van der Waals surface area contributed by atoms with Crippen LogP contribution in [-0.2, 0) is 23.9 Å². The molecule has 1 aliphatic rings. The first-order chi connectivity index (χ1) is 14.4. The quantitative estimate of drug-likeness (QED) is 0.571. The number of methoxy groups -OCH3 is 1. The Balaban J connectivity index is 1.52. The molecule has 30 heavy (non-hydrogen) atoms. The summed E-state index contributed by atoms with van der Waals surface area (Å²) in [5.74, 6) is -2.35. The van der Waals surface area contributed by atoms with Crippen LogP contribution in [0.5, 0.6) is 0 Å². The lowest BCUT2D eigenvalue weighted by Crippen LogP contribution is -2.28. The molecule has 2 aromatic rings. The van der Waals surface area contributed by atoms with Crippen molar-refractivity contribution in [3.63, 3.8) is 0 Å². The highest BCUT2D eigenvalue weighted by Gasteiger charge is 2.30. The summed E-state index contributed by atoms with van der Waals surface area (Å²) in [6.45, 7) is -0.511. The van der Waals surface area contributed by atoms with Gasteiger partial charge in [0, 0.05) is 18.5 Å². The summed E-state index contributed by atoms with van der Waals surface area (Å²) in [6, 6.07) is 11.8. The van der Waals surface area contributed by atoms with E-state index in [0.29, 0.717) is 16.9 Å². The SMILES string of the molecule is COC(=O)c1ccc(NC(=O)COC(=O)c2ccc(N3C(=O)CCC3=O)cc2)cc1. The molecule has 1 N–H and O–H groups in total. The Hall–Kier alpha value is -4.01. The van der Waals surface area contributed by atoms with Crippen LogP contribution in [0.2, 0.25) is 0 Å². The molecule has 0 aromatic heterocycles. The van der Waals surface area contributed by atoms with Crippen LogP contribution in [0.4, 0.5) is 11.4 Å². The van der Waals surface area contributed by atoms with Crippen LogP contribution in [0, 0.1) is 0 Å². The van der Waals surface area contributed by atoms with Crippen molar-refractivity contribution in [1.29, 1.82) is 0 Å². The lowest BCUT2D eigenvalue weighted by molar-refractivity contribution is -0.121. The summed E-state index contributed by atoms with van der Waals surface area (Å²) in [4.78, 5) is 60.0. The fraction of sp³-hybridized carbons (Fsp3) is 0.190. The third-order valence-corrected chi connectivity index (χ3v) is 4.34. The van der Waals surface area contributed by atoms with Gasteiger partial charge in [0.2, 0.25) is 11.8 Å². The maximum absolute atomic E-state index is 12.1. The summed E-state index contributed by atoms with van der Waals surface area (Å²) in [6.07, 6.45) is 0.340. The number of anilines is 2. The molecule has 0 unspecified atom stereocenters. The van der Waals surface area contributed by atoms with Gasteiger partial charge in [-0.1, -0.05) is 0 Å². The van der Waals surface area contributed by atoms with Crippen LogP contribution in [-0.4, -0.2) is 43.4 Å². The number of imide groups is 1. The molecular weight excluding hydrogens is 392 g/mol. The zero-order valence-corrected chi connectivity index (χ0v) is 16.0. The van der Waals surface area contributed by atoms with E-state index in [1.807, 2.05) is 0 Å². The van der Waals surface area contributed by atoms with E-state index in [2.05, 4.69) is 10.1 Å². The summed E-state index contributed by atoms with van der Waals surface area (Å²) >= 11 is 0. The van der Waals surface area contributed by atoms with Gasteiger partial charge in [-0.15, -0.1) is 0 Å². The summed E-state index contributed by atoms with van der Waals surface area (Å²) in [7, 11) is 1.27. The molecule has 154 valence electrons. The van der Waals surface area contributed by atoms with Gasteiger partial charge in [0.25, 0.3) is 5.91 Å². The summed E-state index contributed by atoms with van der Waals surface area (Å²) in [5.41, 5.74) is 1.32.